The van der Waals surface area contributed by atoms with E-state index in [1.807, 2.05) is 6.92 Å². The molecule has 0 atom stereocenters. The van der Waals surface area contributed by atoms with E-state index in [1.54, 1.807) is 36.4 Å². The van der Waals surface area contributed by atoms with Crippen LogP contribution in [0.25, 0.3) is 0 Å². The summed E-state index contributed by atoms with van der Waals surface area (Å²) in [5, 5.41) is 8.65. The Morgan fingerprint density at radius 2 is 1.89 bits per heavy atom. The Balaban J connectivity index is 2.05. The maximum absolute atomic E-state index is 12.6. The molecule has 0 heterocycles. The van der Waals surface area contributed by atoms with Crippen LogP contribution in [-0.4, -0.2) is 30.7 Å². The van der Waals surface area contributed by atoms with Crippen LogP contribution in [0.15, 0.2) is 47.4 Å². The first-order chi connectivity index (χ1) is 13.4. The first-order valence-electron chi connectivity index (χ1n) is 8.56. The summed E-state index contributed by atoms with van der Waals surface area (Å²) in [4.78, 5) is 24.8. The van der Waals surface area contributed by atoms with Crippen molar-refractivity contribution in [3.8, 4) is 0 Å². The van der Waals surface area contributed by atoms with Gasteiger partial charge in [-0.3, -0.25) is 9.59 Å². The van der Waals surface area contributed by atoms with Gasteiger partial charge in [0.15, 0.2) is 0 Å². The molecule has 0 bridgehead atoms. The van der Waals surface area contributed by atoms with Crippen molar-refractivity contribution in [3.63, 3.8) is 0 Å². The highest BCUT2D eigenvalue weighted by atomic mass is 35.5. The molecular formula is C19H20ClF2N3O2S. The lowest BCUT2D eigenvalue weighted by Gasteiger charge is -2.14. The van der Waals surface area contributed by atoms with Crippen LogP contribution < -0.4 is 16.0 Å². The molecule has 2 amide bonds. The number of rotatable bonds is 9. The van der Waals surface area contributed by atoms with Crippen molar-refractivity contribution in [2.24, 2.45) is 0 Å². The number of hydrogen-bond donors (Lipinski definition) is 3. The number of hydrogen-bond acceptors (Lipinski definition) is 4. The van der Waals surface area contributed by atoms with E-state index in [4.69, 9.17) is 11.6 Å². The lowest BCUT2D eigenvalue weighted by molar-refractivity contribution is -0.114. The molecule has 0 spiro atoms. The van der Waals surface area contributed by atoms with Gasteiger partial charge in [0.05, 0.1) is 17.8 Å². The SMILES string of the molecule is CCCNC(=O)c1ccc(Cl)cc1NCC(=O)Nc1ccccc1SC(F)F. The Bertz CT molecular complexity index is 837. The summed E-state index contributed by atoms with van der Waals surface area (Å²) in [6.07, 6.45) is 0.792. The van der Waals surface area contributed by atoms with E-state index < -0.39 is 11.7 Å². The zero-order valence-corrected chi connectivity index (χ0v) is 16.7. The van der Waals surface area contributed by atoms with E-state index in [9.17, 15) is 18.4 Å². The molecular weight excluding hydrogens is 408 g/mol. The largest absolute Gasteiger partial charge is 0.375 e. The molecule has 0 unspecified atom stereocenters. The molecule has 150 valence electrons. The van der Waals surface area contributed by atoms with Gasteiger partial charge in [0, 0.05) is 22.2 Å². The maximum atomic E-state index is 12.6. The summed E-state index contributed by atoms with van der Waals surface area (Å²) in [7, 11) is 0. The fraction of sp³-hybridized carbons (Fsp3) is 0.263. The van der Waals surface area contributed by atoms with E-state index in [0.717, 1.165) is 6.42 Å². The number of para-hydroxylation sites is 1. The van der Waals surface area contributed by atoms with E-state index in [1.165, 1.54) is 6.07 Å². The molecule has 0 aliphatic heterocycles. The zero-order valence-electron chi connectivity index (χ0n) is 15.1. The highest BCUT2D eigenvalue weighted by Gasteiger charge is 2.14. The molecule has 2 aromatic carbocycles. The van der Waals surface area contributed by atoms with E-state index in [2.05, 4.69) is 16.0 Å². The minimum Gasteiger partial charge on any atom is -0.375 e. The van der Waals surface area contributed by atoms with Crippen LogP contribution in [0.2, 0.25) is 5.02 Å². The number of nitrogens with one attached hydrogen (secondary N) is 3. The Morgan fingerprint density at radius 1 is 1.14 bits per heavy atom. The predicted octanol–water partition coefficient (Wildman–Crippen LogP) is 4.85. The van der Waals surface area contributed by atoms with Crippen molar-refractivity contribution < 1.29 is 18.4 Å². The number of thioether (sulfide) groups is 1. The molecule has 3 N–H and O–H groups in total. The second-order valence-electron chi connectivity index (χ2n) is 5.72. The van der Waals surface area contributed by atoms with Crippen molar-refractivity contribution in [2.75, 3.05) is 23.7 Å². The molecule has 28 heavy (non-hydrogen) atoms. The van der Waals surface area contributed by atoms with Crippen LogP contribution in [-0.2, 0) is 4.79 Å². The lowest BCUT2D eigenvalue weighted by atomic mass is 10.1. The van der Waals surface area contributed by atoms with Crippen molar-refractivity contribution in [3.05, 3.63) is 53.1 Å². The third kappa shape index (κ3) is 6.69. The van der Waals surface area contributed by atoms with E-state index in [0.29, 0.717) is 40.3 Å². The number of halogens is 3. The van der Waals surface area contributed by atoms with Crippen LogP contribution in [0.5, 0.6) is 0 Å². The quantitative estimate of drug-likeness (QED) is 0.500. The number of alkyl halides is 2. The summed E-state index contributed by atoms with van der Waals surface area (Å²) < 4.78 is 25.3. The zero-order chi connectivity index (χ0) is 20.5. The van der Waals surface area contributed by atoms with Crippen LogP contribution >= 0.6 is 23.4 Å². The fourth-order valence-electron chi connectivity index (χ4n) is 2.33. The normalized spacial score (nSPS) is 10.6. The molecule has 0 saturated heterocycles. The minimum atomic E-state index is -2.59. The number of carbonyl (C=O) groups is 2. The van der Waals surface area contributed by atoms with Gasteiger partial charge in [-0.05, 0) is 36.8 Å². The van der Waals surface area contributed by atoms with Crippen LogP contribution in [0, 0.1) is 0 Å². The summed E-state index contributed by atoms with van der Waals surface area (Å²) in [6.45, 7) is 2.30. The van der Waals surface area contributed by atoms with Crippen LogP contribution in [0.4, 0.5) is 20.2 Å². The highest BCUT2D eigenvalue weighted by Crippen LogP contribution is 2.31. The van der Waals surface area contributed by atoms with Crippen molar-refractivity contribution in [2.45, 2.75) is 24.0 Å². The number of carbonyl (C=O) groups excluding carboxylic acids is 2. The molecule has 0 aromatic heterocycles. The third-order valence-electron chi connectivity index (χ3n) is 3.58. The van der Waals surface area contributed by atoms with Crippen LogP contribution in [0.3, 0.4) is 0 Å². The number of amides is 2. The van der Waals surface area contributed by atoms with Gasteiger partial charge in [0.2, 0.25) is 5.91 Å². The lowest BCUT2D eigenvalue weighted by Crippen LogP contribution is -2.27. The predicted molar refractivity (Wildman–Crippen MR) is 109 cm³/mol. The average molecular weight is 428 g/mol. The summed E-state index contributed by atoms with van der Waals surface area (Å²) in [5.74, 6) is -3.31. The third-order valence-corrected chi connectivity index (χ3v) is 4.60. The Kier molecular flexibility index (Phi) is 8.53. The molecule has 0 fully saturated rings. The molecule has 0 aliphatic rings. The van der Waals surface area contributed by atoms with Gasteiger partial charge in [0.1, 0.15) is 0 Å². The first-order valence-corrected chi connectivity index (χ1v) is 9.81. The van der Waals surface area contributed by atoms with Crippen LogP contribution in [0.1, 0.15) is 23.7 Å². The van der Waals surface area contributed by atoms with E-state index in [-0.39, 0.29) is 17.3 Å². The molecule has 2 rings (SSSR count). The van der Waals surface area contributed by atoms with Gasteiger partial charge >= 0.3 is 0 Å². The minimum absolute atomic E-state index is 0.165. The smallest absolute Gasteiger partial charge is 0.288 e. The topological polar surface area (TPSA) is 70.2 Å². The second kappa shape index (κ2) is 10.9. The van der Waals surface area contributed by atoms with Gasteiger partial charge in [-0.2, -0.15) is 8.78 Å². The van der Waals surface area contributed by atoms with Crippen molar-refractivity contribution in [1.82, 2.24) is 5.32 Å². The van der Waals surface area contributed by atoms with E-state index >= 15 is 0 Å². The van der Waals surface area contributed by atoms with Crippen molar-refractivity contribution in [1.29, 1.82) is 0 Å². The second-order valence-corrected chi connectivity index (χ2v) is 7.19. The number of anilines is 2. The number of benzene rings is 2. The van der Waals surface area contributed by atoms with Gasteiger partial charge in [-0.1, -0.05) is 42.4 Å². The molecule has 2 aromatic rings. The average Bonchev–Trinajstić information content (AvgIpc) is 2.65. The summed E-state index contributed by atoms with van der Waals surface area (Å²) in [6, 6.07) is 11.0. The first kappa shape index (κ1) is 22.0. The Hall–Kier alpha value is -2.32. The molecule has 5 nitrogen and oxygen atoms in total. The Labute approximate surface area is 171 Å². The Morgan fingerprint density at radius 3 is 2.61 bits per heavy atom. The molecule has 9 heteroatoms. The summed E-state index contributed by atoms with van der Waals surface area (Å²) >= 11 is 6.35. The molecule has 0 radical (unpaired) electrons. The van der Waals surface area contributed by atoms with Gasteiger partial charge < -0.3 is 16.0 Å². The summed E-state index contributed by atoms with van der Waals surface area (Å²) in [5.41, 5.74) is 1.07. The maximum Gasteiger partial charge on any atom is 0.288 e. The highest BCUT2D eigenvalue weighted by molar-refractivity contribution is 7.99. The van der Waals surface area contributed by atoms with Gasteiger partial charge in [-0.15, -0.1) is 0 Å². The molecule has 0 saturated carbocycles. The van der Waals surface area contributed by atoms with Crippen molar-refractivity contribution >= 4 is 46.6 Å². The fourth-order valence-corrected chi connectivity index (χ4v) is 3.10. The monoisotopic (exact) mass is 427 g/mol. The van der Waals surface area contributed by atoms with Gasteiger partial charge in [0.25, 0.3) is 11.7 Å². The standard InChI is InChI=1S/C19H20ClF2N3O2S/c1-2-9-23-18(27)13-8-7-12(20)10-15(13)24-11-17(26)25-14-5-3-4-6-16(14)28-19(21)22/h3-8,10,19,24H,2,9,11H2,1H3,(H,23,27)(H,25,26). The van der Waals surface area contributed by atoms with Gasteiger partial charge in [-0.25, -0.2) is 0 Å². The molecule has 0 aliphatic carbocycles.